The van der Waals surface area contributed by atoms with Crippen molar-refractivity contribution in [2.75, 3.05) is 5.32 Å². The molecule has 0 aliphatic carbocycles. The molecule has 9 nitrogen and oxygen atoms in total. The summed E-state index contributed by atoms with van der Waals surface area (Å²) < 4.78 is 36.9. The first kappa shape index (κ1) is 24.4. The van der Waals surface area contributed by atoms with Crippen LogP contribution in [0.3, 0.4) is 0 Å². The molecule has 6 atom stereocenters. The van der Waals surface area contributed by atoms with E-state index >= 15 is 0 Å². The summed E-state index contributed by atoms with van der Waals surface area (Å²) in [5.41, 5.74) is 0.717. The van der Waals surface area contributed by atoms with Crippen LogP contribution in [0.4, 0.5) is 5.69 Å². The second kappa shape index (κ2) is 8.38. The summed E-state index contributed by atoms with van der Waals surface area (Å²) >= 11 is 0. The highest BCUT2D eigenvalue weighted by atomic mass is 16.9. The van der Waals surface area contributed by atoms with Crippen LogP contribution in [-0.4, -0.2) is 64.9 Å². The Balaban J connectivity index is 1.54. The van der Waals surface area contributed by atoms with Crippen molar-refractivity contribution in [2.45, 2.75) is 102 Å². The number of hydrogen-bond donors (Lipinski definition) is 1. The van der Waals surface area contributed by atoms with Crippen molar-refractivity contribution >= 4 is 22.6 Å². The minimum absolute atomic E-state index is 0.473. The van der Waals surface area contributed by atoms with Gasteiger partial charge in [0.1, 0.15) is 30.0 Å². The van der Waals surface area contributed by atoms with Gasteiger partial charge in [-0.05, 0) is 60.6 Å². The van der Waals surface area contributed by atoms with E-state index in [9.17, 15) is 4.79 Å². The molecule has 1 N–H and O–H groups in total. The SMILES string of the molecule is CC(C)(C)OC(=O)[C@H](Nc1cccc2cccnc12)[C@H]1O[C@@H]2OC(C)(C)O[C@@H]2[C@H]2OC(C)(C)O[C@H]21. The van der Waals surface area contributed by atoms with Gasteiger partial charge in [0.15, 0.2) is 23.9 Å². The van der Waals surface area contributed by atoms with Gasteiger partial charge in [0.25, 0.3) is 0 Å². The molecule has 0 spiro atoms. The molecule has 35 heavy (non-hydrogen) atoms. The number of fused-ring (bicyclic) bond motifs is 4. The Hall–Kier alpha value is -2.30. The number of pyridine rings is 1. The number of nitrogens with zero attached hydrogens (tertiary/aromatic N) is 1. The summed E-state index contributed by atoms with van der Waals surface area (Å²) in [5.74, 6) is -2.22. The van der Waals surface area contributed by atoms with Gasteiger partial charge >= 0.3 is 5.97 Å². The lowest BCUT2D eigenvalue weighted by atomic mass is 9.93. The van der Waals surface area contributed by atoms with Crippen LogP contribution >= 0.6 is 0 Å². The van der Waals surface area contributed by atoms with Crippen molar-refractivity contribution in [2.24, 2.45) is 0 Å². The van der Waals surface area contributed by atoms with Crippen molar-refractivity contribution in [1.29, 1.82) is 0 Å². The van der Waals surface area contributed by atoms with Gasteiger partial charge in [-0.1, -0.05) is 18.2 Å². The highest BCUT2D eigenvalue weighted by Gasteiger charge is 2.63. The van der Waals surface area contributed by atoms with E-state index in [2.05, 4.69) is 10.3 Å². The number of rotatable bonds is 4. The van der Waals surface area contributed by atoms with Gasteiger partial charge < -0.3 is 33.7 Å². The highest BCUT2D eigenvalue weighted by molar-refractivity contribution is 5.92. The number of benzene rings is 1. The van der Waals surface area contributed by atoms with Crippen LogP contribution in [0.1, 0.15) is 48.5 Å². The average molecular weight is 487 g/mol. The predicted octanol–water partition coefficient (Wildman–Crippen LogP) is 3.75. The van der Waals surface area contributed by atoms with Crippen LogP contribution in [0.25, 0.3) is 10.9 Å². The van der Waals surface area contributed by atoms with Gasteiger partial charge in [0.05, 0.1) is 11.2 Å². The van der Waals surface area contributed by atoms with E-state index in [1.165, 1.54) is 0 Å². The number of carbonyl (C=O) groups is 1. The van der Waals surface area contributed by atoms with Gasteiger partial charge in [0, 0.05) is 11.6 Å². The molecule has 1 aromatic heterocycles. The van der Waals surface area contributed by atoms with E-state index < -0.39 is 59.9 Å². The summed E-state index contributed by atoms with van der Waals surface area (Å²) in [6, 6.07) is 8.67. The minimum atomic E-state index is -0.930. The van der Waals surface area contributed by atoms with Gasteiger partial charge in [-0.25, -0.2) is 4.79 Å². The molecule has 0 amide bonds. The number of aromatic nitrogens is 1. The normalized spacial score (nSPS) is 32.0. The van der Waals surface area contributed by atoms with Crippen LogP contribution in [0.15, 0.2) is 36.5 Å². The van der Waals surface area contributed by atoms with Crippen LogP contribution in [-0.2, 0) is 33.2 Å². The molecule has 9 heteroatoms. The first-order chi connectivity index (χ1) is 16.3. The standard InChI is InChI=1S/C26H34N2O7/c1-24(2,3)34-22(29)17(28-15-12-8-10-14-11-9-13-27-16(14)15)18-19-20(32-25(4,5)31-19)21-23(30-18)35-26(6,7)33-21/h8-13,17-21,23,28H,1-7H3/t17-,18-,19+,20+,21-,23-/m1/s1. The van der Waals surface area contributed by atoms with Gasteiger partial charge in [-0.15, -0.1) is 0 Å². The van der Waals surface area contributed by atoms with E-state index in [0.717, 1.165) is 10.9 Å². The fourth-order valence-electron chi connectivity index (χ4n) is 4.94. The number of hydrogen-bond acceptors (Lipinski definition) is 9. The Morgan fingerprint density at radius 1 is 0.971 bits per heavy atom. The van der Waals surface area contributed by atoms with Crippen molar-refractivity contribution in [1.82, 2.24) is 4.98 Å². The molecule has 190 valence electrons. The summed E-state index contributed by atoms with van der Waals surface area (Å²) in [6.45, 7) is 12.8. The van der Waals surface area contributed by atoms with Crippen LogP contribution in [0.2, 0.25) is 0 Å². The molecular formula is C26H34N2O7. The number of anilines is 1. The van der Waals surface area contributed by atoms with E-state index in [1.807, 2.05) is 78.8 Å². The van der Waals surface area contributed by atoms with Crippen LogP contribution < -0.4 is 5.32 Å². The summed E-state index contributed by atoms with van der Waals surface area (Å²) in [4.78, 5) is 18.1. The molecule has 3 saturated heterocycles. The monoisotopic (exact) mass is 486 g/mol. The molecule has 2 aromatic rings. The van der Waals surface area contributed by atoms with Crippen molar-refractivity contribution in [3.05, 3.63) is 36.5 Å². The second-order valence-corrected chi connectivity index (χ2v) is 11.2. The number of nitrogens with one attached hydrogen (secondary N) is 1. The zero-order valence-electron chi connectivity index (χ0n) is 21.2. The van der Waals surface area contributed by atoms with Crippen molar-refractivity contribution in [3.63, 3.8) is 0 Å². The Bertz CT molecular complexity index is 1110. The lowest BCUT2D eigenvalue weighted by Crippen LogP contribution is -2.62. The summed E-state index contributed by atoms with van der Waals surface area (Å²) in [5, 5.41) is 4.30. The number of para-hydroxylation sites is 1. The van der Waals surface area contributed by atoms with Crippen molar-refractivity contribution in [3.8, 4) is 0 Å². The molecule has 0 radical (unpaired) electrons. The van der Waals surface area contributed by atoms with E-state index in [4.69, 9.17) is 28.4 Å². The molecular weight excluding hydrogens is 452 g/mol. The zero-order valence-corrected chi connectivity index (χ0v) is 21.2. The van der Waals surface area contributed by atoms with Gasteiger partial charge in [-0.3, -0.25) is 4.98 Å². The zero-order chi connectivity index (χ0) is 25.2. The first-order valence-corrected chi connectivity index (χ1v) is 12.0. The summed E-state index contributed by atoms with van der Waals surface area (Å²) in [7, 11) is 0. The third kappa shape index (κ3) is 4.88. The average Bonchev–Trinajstić information content (AvgIpc) is 3.24. The maximum atomic E-state index is 13.6. The van der Waals surface area contributed by atoms with E-state index in [0.29, 0.717) is 5.69 Å². The number of ether oxygens (including phenoxy) is 6. The molecule has 1 aromatic carbocycles. The minimum Gasteiger partial charge on any atom is -0.458 e. The third-order valence-electron chi connectivity index (χ3n) is 6.12. The lowest BCUT2D eigenvalue weighted by Gasteiger charge is -2.41. The largest absolute Gasteiger partial charge is 0.458 e. The smallest absolute Gasteiger partial charge is 0.331 e. The van der Waals surface area contributed by atoms with E-state index in [1.54, 1.807) is 6.20 Å². The molecule has 0 unspecified atom stereocenters. The van der Waals surface area contributed by atoms with Crippen LogP contribution in [0, 0.1) is 0 Å². The molecule has 0 saturated carbocycles. The number of carbonyl (C=O) groups excluding carboxylic acids is 1. The molecule has 4 heterocycles. The topological polar surface area (TPSA) is 97.4 Å². The van der Waals surface area contributed by atoms with Gasteiger partial charge in [0.2, 0.25) is 0 Å². The number of esters is 1. The molecule has 3 fully saturated rings. The Labute approximate surface area is 205 Å². The maximum absolute atomic E-state index is 13.6. The Morgan fingerprint density at radius 2 is 1.63 bits per heavy atom. The van der Waals surface area contributed by atoms with E-state index in [-0.39, 0.29) is 0 Å². The third-order valence-corrected chi connectivity index (χ3v) is 6.12. The second-order valence-electron chi connectivity index (χ2n) is 11.2. The first-order valence-electron chi connectivity index (χ1n) is 12.0. The molecule has 5 rings (SSSR count). The molecule has 3 aliphatic heterocycles. The van der Waals surface area contributed by atoms with Crippen LogP contribution in [0.5, 0.6) is 0 Å². The Kier molecular flexibility index (Phi) is 5.84. The highest BCUT2D eigenvalue weighted by Crippen LogP contribution is 2.45. The fraction of sp³-hybridized carbons (Fsp3) is 0.615. The quantitative estimate of drug-likeness (QED) is 0.648. The predicted molar refractivity (Wildman–Crippen MR) is 128 cm³/mol. The van der Waals surface area contributed by atoms with Crippen molar-refractivity contribution < 1.29 is 33.2 Å². The summed E-state index contributed by atoms with van der Waals surface area (Å²) in [6.07, 6.45) is -1.38. The fourth-order valence-corrected chi connectivity index (χ4v) is 4.94. The molecule has 0 bridgehead atoms. The maximum Gasteiger partial charge on any atom is 0.331 e. The lowest BCUT2D eigenvalue weighted by molar-refractivity contribution is -0.238. The Morgan fingerprint density at radius 3 is 2.37 bits per heavy atom. The van der Waals surface area contributed by atoms with Gasteiger partial charge in [-0.2, -0.15) is 0 Å². The molecule has 3 aliphatic rings.